The number of carbonyl (C=O) groups is 4. The molecule has 1 aromatic carbocycles. The Kier molecular flexibility index (Phi) is 7.86. The second-order valence-corrected chi connectivity index (χ2v) is 8.11. The van der Waals surface area contributed by atoms with Crippen molar-refractivity contribution in [1.29, 1.82) is 0 Å². The number of aromatic nitrogens is 1. The molecule has 2 amide bonds. The fraction of sp³-hybridized carbons (Fsp3) is 0.182. The van der Waals surface area contributed by atoms with Gasteiger partial charge in [0.2, 0.25) is 0 Å². The summed E-state index contributed by atoms with van der Waals surface area (Å²) in [5, 5.41) is 5.71. The van der Waals surface area contributed by atoms with E-state index in [1.165, 1.54) is 12.3 Å². The van der Waals surface area contributed by atoms with Crippen LogP contribution in [0.5, 0.6) is 0 Å². The van der Waals surface area contributed by atoms with Crippen LogP contribution >= 0.6 is 22.9 Å². The van der Waals surface area contributed by atoms with Gasteiger partial charge in [0.05, 0.1) is 22.1 Å². The first-order chi connectivity index (χ1) is 15.8. The number of aromatic amines is 1. The van der Waals surface area contributed by atoms with Gasteiger partial charge >= 0.3 is 11.9 Å². The van der Waals surface area contributed by atoms with Crippen LogP contribution in [0.2, 0.25) is 5.02 Å². The standard InChI is InChI=1S/C22H20ClN3O6S/c1-3-31-22(30)17-12(2)18(19(28)25-14-7-5-4-6-8-14)33-20(17)26-16(27)11-32-21(29)15-9-13(23)10-24-15/h4-10,24H,3,11H2,1-2H3,(H,25,28)(H,26,27). The lowest BCUT2D eigenvalue weighted by atomic mass is 10.1. The summed E-state index contributed by atoms with van der Waals surface area (Å²) >= 11 is 6.67. The maximum Gasteiger partial charge on any atom is 0.355 e. The van der Waals surface area contributed by atoms with Crippen molar-refractivity contribution in [3.05, 3.63) is 69.3 Å². The summed E-state index contributed by atoms with van der Waals surface area (Å²) in [7, 11) is 0. The van der Waals surface area contributed by atoms with E-state index in [0.29, 0.717) is 16.3 Å². The van der Waals surface area contributed by atoms with Gasteiger partial charge in [0.15, 0.2) is 6.61 Å². The number of nitrogens with one attached hydrogen (secondary N) is 3. The average molecular weight is 490 g/mol. The average Bonchev–Trinajstić information content (AvgIpc) is 3.36. The smallest absolute Gasteiger partial charge is 0.355 e. The van der Waals surface area contributed by atoms with Crippen LogP contribution in [0.15, 0.2) is 42.6 Å². The number of amides is 2. The highest BCUT2D eigenvalue weighted by molar-refractivity contribution is 7.19. The van der Waals surface area contributed by atoms with E-state index in [1.807, 2.05) is 6.07 Å². The molecule has 3 aromatic rings. The molecular formula is C22H20ClN3O6S. The second kappa shape index (κ2) is 10.8. The third-order valence-corrected chi connectivity index (χ3v) is 5.74. The van der Waals surface area contributed by atoms with E-state index in [1.54, 1.807) is 38.1 Å². The normalized spacial score (nSPS) is 10.4. The minimum Gasteiger partial charge on any atom is -0.462 e. The number of anilines is 2. The number of para-hydroxylation sites is 1. The van der Waals surface area contributed by atoms with Crippen LogP contribution in [0.1, 0.15) is 43.0 Å². The quantitative estimate of drug-likeness (QED) is 0.406. The van der Waals surface area contributed by atoms with Crippen molar-refractivity contribution in [2.45, 2.75) is 13.8 Å². The van der Waals surface area contributed by atoms with E-state index in [-0.39, 0.29) is 27.7 Å². The van der Waals surface area contributed by atoms with Crippen LogP contribution in [0.3, 0.4) is 0 Å². The van der Waals surface area contributed by atoms with Gasteiger partial charge in [-0.2, -0.15) is 0 Å². The van der Waals surface area contributed by atoms with Crippen molar-refractivity contribution < 1.29 is 28.7 Å². The molecule has 2 aromatic heterocycles. The molecule has 0 atom stereocenters. The zero-order valence-corrected chi connectivity index (χ0v) is 19.3. The number of benzene rings is 1. The number of rotatable bonds is 8. The van der Waals surface area contributed by atoms with Crippen molar-refractivity contribution in [3.63, 3.8) is 0 Å². The van der Waals surface area contributed by atoms with E-state index >= 15 is 0 Å². The van der Waals surface area contributed by atoms with Crippen LogP contribution in [0, 0.1) is 6.92 Å². The Morgan fingerprint density at radius 1 is 1.06 bits per heavy atom. The lowest BCUT2D eigenvalue weighted by molar-refractivity contribution is -0.119. The van der Waals surface area contributed by atoms with Crippen molar-refractivity contribution in [2.75, 3.05) is 23.8 Å². The van der Waals surface area contributed by atoms with Gasteiger partial charge in [0.25, 0.3) is 11.8 Å². The second-order valence-electron chi connectivity index (χ2n) is 6.66. The van der Waals surface area contributed by atoms with Gasteiger partial charge in [-0.1, -0.05) is 29.8 Å². The molecule has 3 N–H and O–H groups in total. The Morgan fingerprint density at radius 3 is 2.42 bits per heavy atom. The molecule has 9 nitrogen and oxygen atoms in total. The minimum absolute atomic E-state index is 0.0656. The Bertz CT molecular complexity index is 1190. The van der Waals surface area contributed by atoms with Gasteiger partial charge in [-0.05, 0) is 37.6 Å². The molecule has 0 saturated heterocycles. The molecular weight excluding hydrogens is 470 g/mol. The Hall–Kier alpha value is -3.63. The van der Waals surface area contributed by atoms with E-state index in [2.05, 4.69) is 15.6 Å². The first-order valence-corrected chi connectivity index (χ1v) is 11.0. The molecule has 0 aliphatic heterocycles. The van der Waals surface area contributed by atoms with Gasteiger partial charge in [0.1, 0.15) is 10.7 Å². The first-order valence-electron chi connectivity index (χ1n) is 9.78. The predicted octanol–water partition coefficient (Wildman–Crippen LogP) is 4.26. The molecule has 0 radical (unpaired) electrons. The highest BCUT2D eigenvalue weighted by Gasteiger charge is 2.27. The van der Waals surface area contributed by atoms with Crippen LogP contribution in [0.25, 0.3) is 0 Å². The van der Waals surface area contributed by atoms with Gasteiger partial charge in [-0.15, -0.1) is 11.3 Å². The van der Waals surface area contributed by atoms with Gasteiger partial charge in [0, 0.05) is 11.9 Å². The summed E-state index contributed by atoms with van der Waals surface area (Å²) in [6.07, 6.45) is 1.40. The Labute approximate surface area is 198 Å². The molecule has 172 valence electrons. The maximum absolute atomic E-state index is 12.8. The topological polar surface area (TPSA) is 127 Å². The van der Waals surface area contributed by atoms with Crippen LogP contribution in [-0.2, 0) is 14.3 Å². The monoisotopic (exact) mass is 489 g/mol. The van der Waals surface area contributed by atoms with Crippen LogP contribution in [-0.4, -0.2) is 42.0 Å². The number of carbonyl (C=O) groups excluding carboxylic acids is 4. The molecule has 11 heteroatoms. The number of H-pyrrole nitrogens is 1. The van der Waals surface area contributed by atoms with Crippen LogP contribution < -0.4 is 10.6 Å². The number of thiophene rings is 1. The van der Waals surface area contributed by atoms with Gasteiger partial charge in [-0.25, -0.2) is 9.59 Å². The van der Waals surface area contributed by atoms with Gasteiger partial charge in [-0.3, -0.25) is 9.59 Å². The molecule has 3 rings (SSSR count). The van der Waals surface area contributed by atoms with Crippen LogP contribution in [0.4, 0.5) is 10.7 Å². The Balaban J connectivity index is 1.77. The number of halogens is 1. The third-order valence-electron chi connectivity index (χ3n) is 4.32. The van der Waals surface area contributed by atoms with E-state index < -0.39 is 30.4 Å². The summed E-state index contributed by atoms with van der Waals surface area (Å²) in [6.45, 7) is 2.74. The zero-order chi connectivity index (χ0) is 24.0. The van der Waals surface area contributed by atoms with E-state index in [4.69, 9.17) is 21.1 Å². The molecule has 0 aliphatic carbocycles. The minimum atomic E-state index is -0.770. The van der Waals surface area contributed by atoms with E-state index in [0.717, 1.165) is 11.3 Å². The van der Waals surface area contributed by atoms with Crippen molar-refractivity contribution in [1.82, 2.24) is 4.98 Å². The largest absolute Gasteiger partial charge is 0.462 e. The van der Waals surface area contributed by atoms with Gasteiger partial charge < -0.3 is 25.1 Å². The summed E-state index contributed by atoms with van der Waals surface area (Å²) in [6, 6.07) is 10.2. The number of hydrogen-bond acceptors (Lipinski definition) is 7. The fourth-order valence-electron chi connectivity index (χ4n) is 2.83. The molecule has 33 heavy (non-hydrogen) atoms. The molecule has 0 saturated carbocycles. The number of hydrogen-bond donors (Lipinski definition) is 3. The third kappa shape index (κ3) is 5.99. The predicted molar refractivity (Wildman–Crippen MR) is 124 cm³/mol. The van der Waals surface area contributed by atoms with Crippen molar-refractivity contribution in [2.24, 2.45) is 0 Å². The highest BCUT2D eigenvalue weighted by atomic mass is 35.5. The molecule has 0 unspecified atom stereocenters. The molecule has 0 fully saturated rings. The molecule has 2 heterocycles. The Morgan fingerprint density at radius 2 is 1.79 bits per heavy atom. The summed E-state index contributed by atoms with van der Waals surface area (Å²) in [5.74, 6) is -2.58. The first kappa shape index (κ1) is 24.0. The zero-order valence-electron chi connectivity index (χ0n) is 17.7. The fourth-order valence-corrected chi connectivity index (χ4v) is 4.10. The highest BCUT2D eigenvalue weighted by Crippen LogP contribution is 2.34. The number of esters is 2. The summed E-state index contributed by atoms with van der Waals surface area (Å²) < 4.78 is 10.0. The summed E-state index contributed by atoms with van der Waals surface area (Å²) in [4.78, 5) is 52.5. The molecule has 0 aliphatic rings. The number of ether oxygens (including phenoxy) is 2. The van der Waals surface area contributed by atoms with Crippen molar-refractivity contribution in [3.8, 4) is 0 Å². The van der Waals surface area contributed by atoms with E-state index in [9.17, 15) is 19.2 Å². The molecule has 0 bridgehead atoms. The maximum atomic E-state index is 12.8. The SMILES string of the molecule is CCOC(=O)c1c(NC(=O)COC(=O)c2cc(Cl)c[nH]2)sc(C(=O)Nc2ccccc2)c1C. The molecule has 0 spiro atoms. The summed E-state index contributed by atoms with van der Waals surface area (Å²) in [5.41, 5.74) is 1.10. The lowest BCUT2D eigenvalue weighted by Gasteiger charge is -2.07. The lowest BCUT2D eigenvalue weighted by Crippen LogP contribution is -2.22. The van der Waals surface area contributed by atoms with Crippen molar-refractivity contribution >= 4 is 57.4 Å².